The van der Waals surface area contributed by atoms with Crippen LogP contribution in [0.3, 0.4) is 0 Å². The van der Waals surface area contributed by atoms with E-state index in [-0.39, 0.29) is 11.9 Å². The van der Waals surface area contributed by atoms with Crippen molar-refractivity contribution in [1.29, 1.82) is 0 Å². The van der Waals surface area contributed by atoms with Crippen LogP contribution in [-0.2, 0) is 0 Å². The van der Waals surface area contributed by atoms with E-state index in [4.69, 9.17) is 4.42 Å². The van der Waals surface area contributed by atoms with Crippen LogP contribution in [0, 0.1) is 6.92 Å². The molecule has 2 aromatic heterocycles. The maximum absolute atomic E-state index is 12.9. The zero-order chi connectivity index (χ0) is 15.8. The van der Waals surface area contributed by atoms with Gasteiger partial charge in [0.1, 0.15) is 17.7 Å². The van der Waals surface area contributed by atoms with Gasteiger partial charge in [-0.1, -0.05) is 0 Å². The molecule has 1 aliphatic heterocycles. The molecule has 1 amide bonds. The minimum Gasteiger partial charge on any atom is -0.461 e. The highest BCUT2D eigenvalue weighted by atomic mass is 16.3. The Labute approximate surface area is 134 Å². The molecule has 116 valence electrons. The average molecular weight is 307 g/mol. The summed E-state index contributed by atoms with van der Waals surface area (Å²) in [6.45, 7) is 2.67. The zero-order valence-corrected chi connectivity index (χ0v) is 12.9. The number of benzene rings is 1. The quantitative estimate of drug-likeness (QED) is 0.727. The summed E-state index contributed by atoms with van der Waals surface area (Å²) < 4.78 is 5.58. The Bertz CT molecular complexity index is 857. The predicted octanol–water partition coefficient (Wildman–Crippen LogP) is 3.51. The second-order valence-corrected chi connectivity index (χ2v) is 5.90. The van der Waals surface area contributed by atoms with Gasteiger partial charge >= 0.3 is 0 Å². The van der Waals surface area contributed by atoms with Crippen LogP contribution in [-0.4, -0.2) is 27.3 Å². The third kappa shape index (κ3) is 2.48. The fraction of sp³-hybridized carbons (Fsp3) is 0.278. The van der Waals surface area contributed by atoms with Crippen molar-refractivity contribution in [3.8, 4) is 0 Å². The van der Waals surface area contributed by atoms with Crippen molar-refractivity contribution in [2.45, 2.75) is 25.8 Å². The molecule has 0 radical (unpaired) electrons. The lowest BCUT2D eigenvalue weighted by molar-refractivity contribution is 0.0733. The number of carbonyl (C=O) groups is 1. The van der Waals surface area contributed by atoms with Gasteiger partial charge in [0, 0.05) is 23.7 Å². The van der Waals surface area contributed by atoms with Crippen LogP contribution < -0.4 is 0 Å². The van der Waals surface area contributed by atoms with Crippen LogP contribution in [0.15, 0.2) is 47.3 Å². The van der Waals surface area contributed by atoms with E-state index in [2.05, 4.69) is 9.97 Å². The topological polar surface area (TPSA) is 59.2 Å². The molecule has 23 heavy (non-hydrogen) atoms. The maximum Gasteiger partial charge on any atom is 0.254 e. The van der Waals surface area contributed by atoms with Crippen LogP contribution in [0.25, 0.3) is 11.0 Å². The minimum absolute atomic E-state index is 0.0345. The highest BCUT2D eigenvalue weighted by molar-refractivity contribution is 5.98. The lowest BCUT2D eigenvalue weighted by Gasteiger charge is -2.24. The molecule has 3 heterocycles. The number of likely N-dealkylation sites (tertiary alicyclic amines) is 1. The Morgan fingerprint density at radius 2 is 2.22 bits per heavy atom. The van der Waals surface area contributed by atoms with E-state index >= 15 is 0 Å². The number of amides is 1. The van der Waals surface area contributed by atoms with Gasteiger partial charge in [0.15, 0.2) is 0 Å². The van der Waals surface area contributed by atoms with Gasteiger partial charge in [-0.3, -0.25) is 4.79 Å². The fourth-order valence-corrected chi connectivity index (χ4v) is 3.29. The Morgan fingerprint density at radius 1 is 1.30 bits per heavy atom. The molecule has 0 N–H and O–H groups in total. The Morgan fingerprint density at radius 3 is 3.04 bits per heavy atom. The van der Waals surface area contributed by atoms with E-state index in [0.29, 0.717) is 5.56 Å². The normalized spacial score (nSPS) is 17.8. The molecule has 0 aliphatic carbocycles. The van der Waals surface area contributed by atoms with Crippen molar-refractivity contribution in [3.63, 3.8) is 0 Å². The molecule has 4 rings (SSSR count). The highest BCUT2D eigenvalue weighted by Crippen LogP contribution is 2.32. The number of aryl methyl sites for hydroxylation is 1. The van der Waals surface area contributed by atoms with Gasteiger partial charge in [-0.15, -0.1) is 0 Å². The smallest absolute Gasteiger partial charge is 0.254 e. The van der Waals surface area contributed by atoms with Crippen molar-refractivity contribution < 1.29 is 9.21 Å². The van der Waals surface area contributed by atoms with Crippen molar-refractivity contribution in [2.24, 2.45) is 0 Å². The van der Waals surface area contributed by atoms with E-state index in [0.717, 1.165) is 41.8 Å². The number of hydrogen-bond donors (Lipinski definition) is 0. The molecule has 0 unspecified atom stereocenters. The minimum atomic E-state index is 0.0345. The molecule has 3 aromatic rings. The lowest BCUT2D eigenvalue weighted by Crippen LogP contribution is -2.30. The monoisotopic (exact) mass is 307 g/mol. The van der Waals surface area contributed by atoms with Crippen molar-refractivity contribution in [1.82, 2.24) is 14.9 Å². The van der Waals surface area contributed by atoms with Crippen LogP contribution >= 0.6 is 0 Å². The summed E-state index contributed by atoms with van der Waals surface area (Å²) >= 11 is 0. The van der Waals surface area contributed by atoms with E-state index in [1.807, 2.05) is 42.2 Å². The Hall–Kier alpha value is -2.69. The number of rotatable bonds is 2. The van der Waals surface area contributed by atoms with Gasteiger partial charge in [-0.2, -0.15) is 0 Å². The predicted molar refractivity (Wildman–Crippen MR) is 86.0 cm³/mol. The largest absolute Gasteiger partial charge is 0.461 e. The van der Waals surface area contributed by atoms with Gasteiger partial charge in [0.2, 0.25) is 0 Å². The van der Waals surface area contributed by atoms with Crippen LogP contribution in [0.1, 0.15) is 40.7 Å². The molecule has 1 atom stereocenters. The maximum atomic E-state index is 12.9. The van der Waals surface area contributed by atoms with Crippen LogP contribution in [0.4, 0.5) is 0 Å². The third-order valence-corrected chi connectivity index (χ3v) is 4.35. The molecule has 1 saturated heterocycles. The van der Waals surface area contributed by atoms with Crippen molar-refractivity contribution in [3.05, 3.63) is 59.9 Å². The van der Waals surface area contributed by atoms with E-state index in [9.17, 15) is 4.79 Å². The number of fused-ring (bicyclic) bond motifs is 1. The Balaban J connectivity index is 1.66. The first-order chi connectivity index (χ1) is 11.2. The lowest BCUT2D eigenvalue weighted by atomic mass is 10.1. The van der Waals surface area contributed by atoms with E-state index < -0.39 is 0 Å². The molecule has 1 aliphatic rings. The molecule has 1 fully saturated rings. The first kappa shape index (κ1) is 13.9. The number of carbonyl (C=O) groups excluding carboxylic acids is 1. The second-order valence-electron chi connectivity index (χ2n) is 5.90. The Kier molecular flexibility index (Phi) is 3.33. The van der Waals surface area contributed by atoms with E-state index in [1.165, 1.54) is 6.33 Å². The van der Waals surface area contributed by atoms with Gasteiger partial charge in [0.25, 0.3) is 5.91 Å². The number of aromatic nitrogens is 2. The summed E-state index contributed by atoms with van der Waals surface area (Å²) in [6.07, 6.45) is 5.20. The third-order valence-electron chi connectivity index (χ3n) is 4.35. The molecule has 5 nitrogen and oxygen atoms in total. The second kappa shape index (κ2) is 5.50. The summed E-state index contributed by atoms with van der Waals surface area (Å²) in [7, 11) is 0. The number of furan rings is 1. The van der Waals surface area contributed by atoms with Crippen LogP contribution in [0.2, 0.25) is 0 Å². The zero-order valence-electron chi connectivity index (χ0n) is 12.9. The van der Waals surface area contributed by atoms with Gasteiger partial charge in [-0.05, 0) is 50.1 Å². The fourth-order valence-electron chi connectivity index (χ4n) is 3.29. The molecule has 0 spiro atoms. The molecular weight excluding hydrogens is 290 g/mol. The van der Waals surface area contributed by atoms with E-state index in [1.54, 1.807) is 6.20 Å². The molecule has 5 heteroatoms. The number of hydrogen-bond acceptors (Lipinski definition) is 4. The van der Waals surface area contributed by atoms with Gasteiger partial charge in [-0.25, -0.2) is 9.97 Å². The summed E-state index contributed by atoms with van der Waals surface area (Å²) in [5.74, 6) is 0.900. The van der Waals surface area contributed by atoms with Crippen LogP contribution in [0.5, 0.6) is 0 Å². The van der Waals surface area contributed by atoms with Gasteiger partial charge in [0.05, 0.1) is 11.7 Å². The standard InChI is InChI=1S/C18H17N3O2/c1-12-9-14-10-13(4-5-17(14)23-12)18(22)21-8-2-3-16(21)15-6-7-19-11-20-15/h4-7,9-11,16H,2-3,8H2,1H3/t16-/m0/s1. The first-order valence-electron chi connectivity index (χ1n) is 7.79. The average Bonchev–Trinajstić information content (AvgIpc) is 3.19. The van der Waals surface area contributed by atoms with Crippen molar-refractivity contribution >= 4 is 16.9 Å². The SMILES string of the molecule is Cc1cc2cc(C(=O)N3CCC[C@H]3c3ccncn3)ccc2o1. The summed E-state index contributed by atoms with van der Waals surface area (Å²) in [5.41, 5.74) is 2.41. The first-order valence-corrected chi connectivity index (χ1v) is 7.79. The molecule has 0 saturated carbocycles. The summed E-state index contributed by atoms with van der Waals surface area (Å²) in [5, 5.41) is 0.964. The summed E-state index contributed by atoms with van der Waals surface area (Å²) in [6, 6.07) is 9.49. The number of nitrogens with zero attached hydrogens (tertiary/aromatic N) is 3. The van der Waals surface area contributed by atoms with Crippen molar-refractivity contribution in [2.75, 3.05) is 6.54 Å². The molecule has 1 aromatic carbocycles. The highest BCUT2D eigenvalue weighted by Gasteiger charge is 2.31. The molecule has 0 bridgehead atoms. The molecular formula is C18H17N3O2. The van der Waals surface area contributed by atoms with Gasteiger partial charge < -0.3 is 9.32 Å². The summed E-state index contributed by atoms with van der Waals surface area (Å²) in [4.78, 5) is 23.1.